The lowest BCUT2D eigenvalue weighted by Gasteiger charge is -2.32. The maximum atomic E-state index is 4.52. The van der Waals surface area contributed by atoms with Crippen LogP contribution in [-0.2, 0) is 19.6 Å². The molecular weight excluding hydrogens is 513 g/mol. The number of hydrogen-bond acceptors (Lipinski definition) is 4. The van der Waals surface area contributed by atoms with E-state index in [0.29, 0.717) is 12.6 Å². The number of halogens is 1. The van der Waals surface area contributed by atoms with Gasteiger partial charge in [0.2, 0.25) is 0 Å². The van der Waals surface area contributed by atoms with Gasteiger partial charge in [-0.05, 0) is 30.5 Å². The fourth-order valence-electron chi connectivity index (χ4n) is 3.94. The van der Waals surface area contributed by atoms with Gasteiger partial charge in [-0.2, -0.15) is 0 Å². The molecule has 1 aromatic carbocycles. The van der Waals surface area contributed by atoms with E-state index in [2.05, 4.69) is 71.5 Å². The van der Waals surface area contributed by atoms with Crippen LogP contribution in [0.4, 0.5) is 0 Å². The van der Waals surface area contributed by atoms with Crippen LogP contribution >= 0.6 is 24.0 Å². The summed E-state index contributed by atoms with van der Waals surface area (Å²) in [4.78, 5) is 15.8. The first kappa shape index (κ1) is 24.2. The molecule has 0 unspecified atom stereocenters. The number of guanidine groups is 1. The Morgan fingerprint density at radius 1 is 1.00 bits per heavy atom. The van der Waals surface area contributed by atoms with Gasteiger partial charge in [0.25, 0.3) is 0 Å². The van der Waals surface area contributed by atoms with E-state index in [9.17, 15) is 0 Å². The molecule has 170 valence electrons. The monoisotopic (exact) mass is 545 g/mol. The van der Waals surface area contributed by atoms with Crippen LogP contribution in [0.5, 0.6) is 0 Å². The van der Waals surface area contributed by atoms with E-state index in [1.54, 1.807) is 0 Å². The van der Waals surface area contributed by atoms with Crippen LogP contribution in [0.25, 0.3) is 0 Å². The van der Waals surface area contributed by atoms with E-state index in [1.807, 2.05) is 37.8 Å². The lowest BCUT2D eigenvalue weighted by molar-refractivity contribution is 0.196. The Morgan fingerprint density at radius 2 is 1.78 bits per heavy atom. The number of rotatable bonds is 7. The van der Waals surface area contributed by atoms with Gasteiger partial charge in [-0.15, -0.1) is 24.0 Å². The topological polar surface area (TPSA) is 70.4 Å². The van der Waals surface area contributed by atoms with E-state index < -0.39 is 0 Å². The summed E-state index contributed by atoms with van der Waals surface area (Å²) in [7, 11) is 1.82. The molecule has 1 saturated heterocycles. The zero-order chi connectivity index (χ0) is 21.3. The molecule has 1 fully saturated rings. The molecule has 1 aliphatic heterocycles. The minimum Gasteiger partial charge on any atom is -0.354 e. The van der Waals surface area contributed by atoms with Gasteiger partial charge in [-0.1, -0.05) is 36.4 Å². The Balaban J connectivity index is 0.00000289. The highest BCUT2D eigenvalue weighted by Crippen LogP contribution is 2.13. The largest absolute Gasteiger partial charge is 0.354 e. The van der Waals surface area contributed by atoms with Gasteiger partial charge >= 0.3 is 0 Å². The Bertz CT molecular complexity index is 951. The van der Waals surface area contributed by atoms with Crippen LogP contribution in [0.2, 0.25) is 0 Å². The number of benzene rings is 1. The number of aromatic nitrogens is 3. The van der Waals surface area contributed by atoms with Crippen LogP contribution in [0.1, 0.15) is 29.9 Å². The summed E-state index contributed by atoms with van der Waals surface area (Å²) in [6.07, 6.45) is 7.93. The summed E-state index contributed by atoms with van der Waals surface area (Å²) in [5, 5.41) is 7.01. The summed E-state index contributed by atoms with van der Waals surface area (Å²) in [5.41, 5.74) is 2.40. The molecule has 4 rings (SSSR count). The maximum Gasteiger partial charge on any atom is 0.191 e. The van der Waals surface area contributed by atoms with Crippen LogP contribution in [0, 0.1) is 0 Å². The average molecular weight is 545 g/mol. The molecule has 2 aromatic heterocycles. The Morgan fingerprint density at radius 3 is 2.50 bits per heavy atom. The van der Waals surface area contributed by atoms with Crippen LogP contribution in [0.3, 0.4) is 0 Å². The second kappa shape index (κ2) is 12.5. The number of nitrogens with zero attached hydrogens (tertiary/aromatic N) is 5. The van der Waals surface area contributed by atoms with Crippen molar-refractivity contribution in [3.63, 3.8) is 0 Å². The SMILES string of the molecule is CN=C(NCc1nccn1Cc1ccccc1)NC1CCN(Cc2ccccn2)CC1.I. The van der Waals surface area contributed by atoms with Crippen molar-refractivity contribution < 1.29 is 0 Å². The number of aliphatic imine (C=N–C) groups is 1. The highest BCUT2D eigenvalue weighted by molar-refractivity contribution is 14.0. The molecule has 0 aliphatic carbocycles. The average Bonchev–Trinajstić information content (AvgIpc) is 3.26. The van der Waals surface area contributed by atoms with Crippen LogP contribution in [0.15, 0.2) is 72.1 Å². The van der Waals surface area contributed by atoms with Crippen molar-refractivity contribution in [2.75, 3.05) is 20.1 Å². The second-order valence-corrected chi connectivity index (χ2v) is 7.90. The van der Waals surface area contributed by atoms with Crippen LogP contribution < -0.4 is 10.6 Å². The molecule has 3 aromatic rings. The van der Waals surface area contributed by atoms with Gasteiger partial charge in [0.1, 0.15) is 5.82 Å². The fourth-order valence-corrected chi connectivity index (χ4v) is 3.94. The predicted octanol–water partition coefficient (Wildman–Crippen LogP) is 3.27. The normalized spacial score (nSPS) is 15.2. The van der Waals surface area contributed by atoms with Crippen molar-refractivity contribution in [1.82, 2.24) is 30.1 Å². The van der Waals surface area contributed by atoms with Crippen molar-refractivity contribution in [2.45, 2.75) is 38.5 Å². The van der Waals surface area contributed by atoms with Gasteiger partial charge < -0.3 is 15.2 Å². The quantitative estimate of drug-likeness (QED) is 0.271. The van der Waals surface area contributed by atoms with Crippen molar-refractivity contribution in [3.8, 4) is 0 Å². The molecule has 7 nitrogen and oxygen atoms in total. The molecular formula is C24H32IN7. The Labute approximate surface area is 207 Å². The van der Waals surface area contributed by atoms with Crippen molar-refractivity contribution in [3.05, 3.63) is 84.2 Å². The van der Waals surface area contributed by atoms with Gasteiger partial charge in [0.05, 0.1) is 12.2 Å². The number of nitrogens with one attached hydrogen (secondary N) is 2. The summed E-state index contributed by atoms with van der Waals surface area (Å²) < 4.78 is 2.17. The minimum atomic E-state index is 0. The zero-order valence-electron chi connectivity index (χ0n) is 18.5. The summed E-state index contributed by atoms with van der Waals surface area (Å²) in [6.45, 7) is 4.50. The highest BCUT2D eigenvalue weighted by atomic mass is 127. The molecule has 3 heterocycles. The third-order valence-electron chi connectivity index (χ3n) is 5.68. The van der Waals surface area contributed by atoms with Gasteiger partial charge in [-0.25, -0.2) is 4.98 Å². The van der Waals surface area contributed by atoms with Gasteiger partial charge in [0.15, 0.2) is 5.96 Å². The Hall–Kier alpha value is -2.46. The molecule has 32 heavy (non-hydrogen) atoms. The lowest BCUT2D eigenvalue weighted by Crippen LogP contribution is -2.48. The van der Waals surface area contributed by atoms with E-state index in [4.69, 9.17) is 0 Å². The maximum absolute atomic E-state index is 4.52. The minimum absolute atomic E-state index is 0. The lowest BCUT2D eigenvalue weighted by atomic mass is 10.0. The molecule has 0 spiro atoms. The van der Waals surface area contributed by atoms with Crippen molar-refractivity contribution >= 4 is 29.9 Å². The van der Waals surface area contributed by atoms with Crippen LogP contribution in [-0.4, -0.2) is 51.6 Å². The third kappa shape index (κ3) is 7.03. The fraction of sp³-hybridized carbons (Fsp3) is 0.375. The number of likely N-dealkylation sites (tertiary alicyclic amines) is 1. The first-order valence-corrected chi connectivity index (χ1v) is 10.9. The smallest absolute Gasteiger partial charge is 0.191 e. The standard InChI is InChI=1S/C24H31N7.HI/c1-25-24(28-17-23-27-13-16-31(23)18-20-7-3-2-4-8-20)29-21-10-14-30(15-11-21)19-22-9-5-6-12-26-22;/h2-9,12-13,16,21H,10-11,14-15,17-19H2,1H3,(H2,25,28,29);1H. The van der Waals surface area contributed by atoms with Gasteiger partial charge in [0, 0.05) is 57.9 Å². The molecule has 8 heteroatoms. The number of imidazole rings is 1. The Kier molecular flexibility index (Phi) is 9.48. The first-order chi connectivity index (χ1) is 15.3. The molecule has 0 radical (unpaired) electrons. The summed E-state index contributed by atoms with van der Waals surface area (Å²) in [6, 6.07) is 17.0. The zero-order valence-corrected chi connectivity index (χ0v) is 20.9. The predicted molar refractivity (Wildman–Crippen MR) is 139 cm³/mol. The number of hydrogen-bond donors (Lipinski definition) is 2. The van der Waals surface area contributed by atoms with Crippen molar-refractivity contribution in [2.24, 2.45) is 4.99 Å². The summed E-state index contributed by atoms with van der Waals surface area (Å²) in [5.74, 6) is 1.83. The van der Waals surface area contributed by atoms with E-state index in [-0.39, 0.29) is 24.0 Å². The van der Waals surface area contributed by atoms with Crippen molar-refractivity contribution in [1.29, 1.82) is 0 Å². The molecule has 0 amide bonds. The van der Waals surface area contributed by atoms with E-state index in [0.717, 1.165) is 56.5 Å². The first-order valence-electron chi connectivity index (χ1n) is 10.9. The van der Waals surface area contributed by atoms with E-state index in [1.165, 1.54) is 5.56 Å². The molecule has 0 atom stereocenters. The third-order valence-corrected chi connectivity index (χ3v) is 5.68. The second-order valence-electron chi connectivity index (χ2n) is 7.90. The molecule has 0 bridgehead atoms. The number of piperidine rings is 1. The van der Waals surface area contributed by atoms with E-state index >= 15 is 0 Å². The van der Waals surface area contributed by atoms with Gasteiger partial charge in [-0.3, -0.25) is 14.9 Å². The summed E-state index contributed by atoms with van der Waals surface area (Å²) >= 11 is 0. The number of pyridine rings is 1. The highest BCUT2D eigenvalue weighted by Gasteiger charge is 2.20. The molecule has 1 aliphatic rings. The molecule has 2 N–H and O–H groups in total. The molecule has 0 saturated carbocycles.